The molecule has 1 aliphatic heterocycles. The first-order valence-electron chi connectivity index (χ1n) is 8.89. The molecule has 0 unspecified atom stereocenters. The highest BCUT2D eigenvalue weighted by Gasteiger charge is 2.39. The Morgan fingerprint density at radius 3 is 2.52 bits per heavy atom. The second-order valence-electron chi connectivity index (χ2n) is 7.21. The summed E-state index contributed by atoms with van der Waals surface area (Å²) in [4.78, 5) is 19.6. The number of pyridine rings is 1. The van der Waals surface area contributed by atoms with Crippen LogP contribution in [0.15, 0.2) is 47.6 Å². The molecule has 2 aromatic heterocycles. The summed E-state index contributed by atoms with van der Waals surface area (Å²) < 4.78 is 32.5. The van der Waals surface area contributed by atoms with Gasteiger partial charge < -0.3 is 15.5 Å². The molecule has 0 bridgehead atoms. The van der Waals surface area contributed by atoms with Gasteiger partial charge in [-0.15, -0.1) is 0 Å². The van der Waals surface area contributed by atoms with Gasteiger partial charge in [-0.1, -0.05) is 12.1 Å². The fourth-order valence-corrected chi connectivity index (χ4v) is 4.42. The highest BCUT2D eigenvalue weighted by molar-refractivity contribution is 7.89. The van der Waals surface area contributed by atoms with E-state index in [1.165, 1.54) is 19.2 Å². The van der Waals surface area contributed by atoms with Gasteiger partial charge in [-0.3, -0.25) is 9.78 Å². The number of primary amides is 1. The summed E-state index contributed by atoms with van der Waals surface area (Å²) in [6.45, 7) is 3.79. The van der Waals surface area contributed by atoms with Crippen molar-refractivity contribution in [2.24, 2.45) is 5.73 Å². The summed E-state index contributed by atoms with van der Waals surface area (Å²) in [6, 6.07) is 8.08. The van der Waals surface area contributed by atoms with Crippen molar-refractivity contribution in [1.29, 1.82) is 0 Å². The Morgan fingerprint density at radius 2 is 1.90 bits per heavy atom. The third-order valence-corrected chi connectivity index (χ3v) is 6.42. The largest absolute Gasteiger partial charge is 0.481 e. The van der Waals surface area contributed by atoms with Crippen LogP contribution in [0.5, 0.6) is 5.75 Å². The Labute approximate surface area is 168 Å². The van der Waals surface area contributed by atoms with E-state index in [9.17, 15) is 13.2 Å². The smallest absolute Gasteiger partial charge is 0.265 e. The van der Waals surface area contributed by atoms with E-state index in [1.54, 1.807) is 30.6 Å². The van der Waals surface area contributed by atoms with Crippen LogP contribution in [0.25, 0.3) is 22.4 Å². The van der Waals surface area contributed by atoms with Crippen LogP contribution in [0, 0.1) is 0 Å². The summed E-state index contributed by atoms with van der Waals surface area (Å²) in [7, 11) is -2.22. The third kappa shape index (κ3) is 2.99. The van der Waals surface area contributed by atoms with Gasteiger partial charge in [-0.25, -0.2) is 13.1 Å². The maximum absolute atomic E-state index is 12.2. The second kappa shape index (κ2) is 6.43. The average molecular weight is 412 g/mol. The number of hydrogen-bond acceptors (Lipinski definition) is 5. The van der Waals surface area contributed by atoms with Crippen molar-refractivity contribution in [3.8, 4) is 28.1 Å². The van der Waals surface area contributed by atoms with Crippen molar-refractivity contribution < 1.29 is 17.9 Å². The number of benzene rings is 1. The van der Waals surface area contributed by atoms with Crippen LogP contribution >= 0.6 is 0 Å². The number of nitrogens with two attached hydrogens (primary N) is 1. The molecule has 29 heavy (non-hydrogen) atoms. The van der Waals surface area contributed by atoms with Gasteiger partial charge in [0.25, 0.3) is 5.91 Å². The number of nitrogens with one attached hydrogen (secondary N) is 2. The molecule has 4 N–H and O–H groups in total. The Kier molecular flexibility index (Phi) is 4.25. The molecule has 150 valence electrons. The van der Waals surface area contributed by atoms with E-state index in [0.717, 1.165) is 16.8 Å². The number of hydrogen-bond donors (Lipinski definition) is 3. The van der Waals surface area contributed by atoms with Crippen molar-refractivity contribution in [2.75, 3.05) is 7.05 Å². The van der Waals surface area contributed by atoms with E-state index in [0.29, 0.717) is 16.9 Å². The van der Waals surface area contributed by atoms with Crippen LogP contribution in [0.1, 0.15) is 29.9 Å². The van der Waals surface area contributed by atoms with Gasteiger partial charge in [-0.2, -0.15) is 0 Å². The van der Waals surface area contributed by atoms with Crippen molar-refractivity contribution in [3.63, 3.8) is 0 Å². The molecule has 9 heteroatoms. The average Bonchev–Trinajstić information content (AvgIpc) is 3.10. The molecule has 1 aliphatic rings. The number of carbonyl (C=O) groups is 1. The number of carbonyl (C=O) groups excluding carboxylic acids is 1. The first kappa shape index (κ1) is 19.2. The lowest BCUT2D eigenvalue weighted by Crippen LogP contribution is -2.29. The lowest BCUT2D eigenvalue weighted by molar-refractivity contribution is 0.0996. The predicted octanol–water partition coefficient (Wildman–Crippen LogP) is 2.38. The molecule has 3 aromatic rings. The number of sulfonamides is 1. The van der Waals surface area contributed by atoms with Gasteiger partial charge in [-0.05, 0) is 44.7 Å². The summed E-state index contributed by atoms with van der Waals surface area (Å²) in [5.41, 5.74) is 8.65. The molecule has 0 saturated heterocycles. The first-order chi connectivity index (χ1) is 13.7. The van der Waals surface area contributed by atoms with Gasteiger partial charge in [0, 0.05) is 22.9 Å². The van der Waals surface area contributed by atoms with Gasteiger partial charge in [0.2, 0.25) is 10.0 Å². The number of amides is 1. The highest BCUT2D eigenvalue weighted by Crippen LogP contribution is 2.49. The Balaban J connectivity index is 1.99. The van der Waals surface area contributed by atoms with Gasteiger partial charge in [0.05, 0.1) is 16.8 Å². The zero-order valence-electron chi connectivity index (χ0n) is 16.1. The standard InChI is InChI=1S/C20H20N4O4S/c1-20(2)16-15(11-4-6-12(7-5-11)29(26,27)22-3)18(19(21)25)24-17(16)13-8-9-23-10-14(13)28-20/h4-10,22,24H,1-3H3,(H2,21,25). The molecule has 8 nitrogen and oxygen atoms in total. The van der Waals surface area contributed by atoms with E-state index in [2.05, 4.69) is 14.7 Å². The molecule has 0 fully saturated rings. The monoisotopic (exact) mass is 412 g/mol. The molecular weight excluding hydrogens is 392 g/mol. The molecule has 3 heterocycles. The van der Waals surface area contributed by atoms with E-state index in [4.69, 9.17) is 10.5 Å². The minimum Gasteiger partial charge on any atom is -0.481 e. The van der Waals surface area contributed by atoms with Crippen LogP contribution in [0.3, 0.4) is 0 Å². The molecule has 1 aromatic carbocycles. The van der Waals surface area contributed by atoms with Crippen molar-refractivity contribution in [3.05, 3.63) is 54.0 Å². The summed E-state index contributed by atoms with van der Waals surface area (Å²) in [6.07, 6.45) is 3.27. The van der Waals surface area contributed by atoms with Crippen molar-refractivity contribution in [1.82, 2.24) is 14.7 Å². The van der Waals surface area contributed by atoms with Crippen LogP contribution in [0.2, 0.25) is 0 Å². The molecular formula is C20H20N4O4S. The zero-order chi connectivity index (χ0) is 21.0. The number of aromatic nitrogens is 2. The molecule has 0 radical (unpaired) electrons. The summed E-state index contributed by atoms with van der Waals surface area (Å²) >= 11 is 0. The third-order valence-electron chi connectivity index (χ3n) is 4.99. The molecule has 1 amide bonds. The van der Waals surface area contributed by atoms with Crippen molar-refractivity contribution >= 4 is 15.9 Å². The Hall–Kier alpha value is -3.17. The van der Waals surface area contributed by atoms with E-state index in [1.807, 2.05) is 13.8 Å². The molecule has 0 spiro atoms. The Bertz CT molecular complexity index is 1230. The second-order valence-corrected chi connectivity index (χ2v) is 9.09. The Morgan fingerprint density at radius 1 is 1.21 bits per heavy atom. The quantitative estimate of drug-likeness (QED) is 0.606. The fraction of sp³-hybridized carbons (Fsp3) is 0.200. The van der Waals surface area contributed by atoms with E-state index >= 15 is 0 Å². The number of ether oxygens (including phenoxy) is 1. The lowest BCUT2D eigenvalue weighted by Gasteiger charge is -2.33. The van der Waals surface area contributed by atoms with Gasteiger partial charge in [0.15, 0.2) is 0 Å². The van der Waals surface area contributed by atoms with Gasteiger partial charge >= 0.3 is 0 Å². The van der Waals surface area contributed by atoms with Gasteiger partial charge in [0.1, 0.15) is 17.0 Å². The first-order valence-corrected chi connectivity index (χ1v) is 10.4. The van der Waals surface area contributed by atoms with Crippen LogP contribution in [0.4, 0.5) is 0 Å². The molecule has 4 rings (SSSR count). The summed E-state index contributed by atoms with van der Waals surface area (Å²) in [5, 5.41) is 0. The van der Waals surface area contributed by atoms with Crippen LogP contribution in [-0.4, -0.2) is 31.3 Å². The number of fused-ring (bicyclic) bond motifs is 3. The van der Waals surface area contributed by atoms with Crippen LogP contribution in [-0.2, 0) is 15.6 Å². The predicted molar refractivity (Wildman–Crippen MR) is 108 cm³/mol. The SMILES string of the molecule is CNS(=O)(=O)c1ccc(-c2c(C(N)=O)[nH]c3c2C(C)(C)Oc2cnccc2-3)cc1. The number of rotatable bonds is 4. The normalized spacial score (nSPS) is 14.6. The number of nitrogens with zero attached hydrogens (tertiary/aromatic N) is 1. The minimum atomic E-state index is -3.57. The van der Waals surface area contributed by atoms with Crippen molar-refractivity contribution in [2.45, 2.75) is 24.3 Å². The number of aromatic amines is 1. The molecule has 0 saturated carbocycles. The minimum absolute atomic E-state index is 0.126. The van der Waals surface area contributed by atoms with E-state index in [-0.39, 0.29) is 10.6 Å². The maximum Gasteiger partial charge on any atom is 0.265 e. The van der Waals surface area contributed by atoms with E-state index < -0.39 is 21.5 Å². The molecule has 0 aliphatic carbocycles. The maximum atomic E-state index is 12.2. The number of H-pyrrole nitrogens is 1. The topological polar surface area (TPSA) is 127 Å². The van der Waals surface area contributed by atoms with Crippen LogP contribution < -0.4 is 15.2 Å². The fourth-order valence-electron chi connectivity index (χ4n) is 3.69. The molecule has 0 atom stereocenters. The zero-order valence-corrected chi connectivity index (χ0v) is 16.9. The lowest BCUT2D eigenvalue weighted by atomic mass is 9.86. The summed E-state index contributed by atoms with van der Waals surface area (Å²) in [5.74, 6) is -0.0167. The highest BCUT2D eigenvalue weighted by atomic mass is 32.2.